The minimum Gasteiger partial charge on any atom is -0.490 e. The van der Waals surface area contributed by atoms with Gasteiger partial charge in [-0.1, -0.05) is 25.0 Å². The summed E-state index contributed by atoms with van der Waals surface area (Å²) in [7, 11) is 0. The topological polar surface area (TPSA) is 55.5 Å². The van der Waals surface area contributed by atoms with E-state index in [-0.39, 0.29) is 0 Å². The molecule has 0 atom stereocenters. The smallest absolute Gasteiger partial charge is 0.125 e. The average Bonchev–Trinajstić information content (AvgIpc) is 2.75. The van der Waals surface area contributed by atoms with Crippen LogP contribution in [-0.2, 0) is 6.54 Å². The van der Waals surface area contributed by atoms with Crippen LogP contribution in [-0.4, -0.2) is 17.3 Å². The summed E-state index contributed by atoms with van der Waals surface area (Å²) in [5.74, 6) is 0.896. The first kappa shape index (κ1) is 13.4. The molecule has 100 valence electrons. The molecule has 0 aromatic heterocycles. The summed E-state index contributed by atoms with van der Waals surface area (Å²) in [5, 5.41) is 10.3. The summed E-state index contributed by atoms with van der Waals surface area (Å²) < 4.78 is 5.86. The molecule has 3 heteroatoms. The maximum Gasteiger partial charge on any atom is 0.125 e. The van der Waals surface area contributed by atoms with Crippen molar-refractivity contribution in [3.63, 3.8) is 0 Å². The molecule has 0 radical (unpaired) electrons. The lowest BCUT2D eigenvalue weighted by Gasteiger charge is -2.24. The lowest BCUT2D eigenvalue weighted by molar-refractivity contribution is 0.00103. The highest BCUT2D eigenvalue weighted by atomic mass is 16.5. The SMILES string of the molecule is Cc1cc(CN)cc(C)c1OCC1(O)CCCC1. The van der Waals surface area contributed by atoms with E-state index in [0.29, 0.717) is 13.2 Å². The van der Waals surface area contributed by atoms with E-state index in [9.17, 15) is 5.11 Å². The Hall–Kier alpha value is -1.06. The zero-order valence-corrected chi connectivity index (χ0v) is 11.3. The highest BCUT2D eigenvalue weighted by Gasteiger charge is 2.32. The van der Waals surface area contributed by atoms with E-state index in [1.54, 1.807) is 0 Å². The second-order valence-corrected chi connectivity index (χ2v) is 5.48. The van der Waals surface area contributed by atoms with Gasteiger partial charge in [-0.3, -0.25) is 0 Å². The third-order valence-corrected chi connectivity index (χ3v) is 3.78. The van der Waals surface area contributed by atoms with Crippen LogP contribution in [0.5, 0.6) is 5.75 Å². The molecule has 0 heterocycles. The number of rotatable bonds is 4. The van der Waals surface area contributed by atoms with Crippen molar-refractivity contribution in [2.24, 2.45) is 5.73 Å². The van der Waals surface area contributed by atoms with Crippen LogP contribution in [0.4, 0.5) is 0 Å². The molecule has 0 spiro atoms. The summed E-state index contributed by atoms with van der Waals surface area (Å²) in [6.45, 7) is 5.00. The predicted molar refractivity (Wildman–Crippen MR) is 72.7 cm³/mol. The molecule has 1 aliphatic rings. The molecule has 1 aliphatic carbocycles. The van der Waals surface area contributed by atoms with E-state index in [4.69, 9.17) is 10.5 Å². The fraction of sp³-hybridized carbons (Fsp3) is 0.600. The van der Waals surface area contributed by atoms with Gasteiger partial charge in [0.25, 0.3) is 0 Å². The van der Waals surface area contributed by atoms with Crippen LogP contribution in [0.15, 0.2) is 12.1 Å². The first-order chi connectivity index (χ1) is 8.54. The van der Waals surface area contributed by atoms with Crippen molar-refractivity contribution in [1.82, 2.24) is 0 Å². The molecule has 1 aromatic carbocycles. The first-order valence-corrected chi connectivity index (χ1v) is 6.69. The normalized spacial score (nSPS) is 18.0. The maximum atomic E-state index is 10.3. The van der Waals surface area contributed by atoms with Crippen LogP contribution in [0, 0.1) is 13.8 Å². The van der Waals surface area contributed by atoms with Gasteiger partial charge in [-0.05, 0) is 43.4 Å². The summed E-state index contributed by atoms with van der Waals surface area (Å²) in [5.41, 5.74) is 8.34. The van der Waals surface area contributed by atoms with Crippen LogP contribution in [0.2, 0.25) is 0 Å². The summed E-state index contributed by atoms with van der Waals surface area (Å²) in [4.78, 5) is 0. The Balaban J connectivity index is 2.09. The van der Waals surface area contributed by atoms with Gasteiger partial charge in [-0.15, -0.1) is 0 Å². The fourth-order valence-corrected chi connectivity index (χ4v) is 2.77. The number of aryl methyl sites for hydroxylation is 2. The molecule has 0 aliphatic heterocycles. The van der Waals surface area contributed by atoms with E-state index in [0.717, 1.165) is 48.1 Å². The highest BCUT2D eigenvalue weighted by molar-refractivity contribution is 5.43. The van der Waals surface area contributed by atoms with Gasteiger partial charge in [0.1, 0.15) is 12.4 Å². The summed E-state index contributed by atoms with van der Waals surface area (Å²) in [6.07, 6.45) is 3.91. The second-order valence-electron chi connectivity index (χ2n) is 5.48. The third kappa shape index (κ3) is 2.85. The first-order valence-electron chi connectivity index (χ1n) is 6.69. The molecule has 18 heavy (non-hydrogen) atoms. The maximum absolute atomic E-state index is 10.3. The van der Waals surface area contributed by atoms with Gasteiger partial charge in [0.2, 0.25) is 0 Å². The van der Waals surface area contributed by atoms with E-state index < -0.39 is 5.60 Å². The van der Waals surface area contributed by atoms with Crippen molar-refractivity contribution in [3.05, 3.63) is 28.8 Å². The molecule has 3 nitrogen and oxygen atoms in total. The molecule has 0 amide bonds. The molecule has 3 N–H and O–H groups in total. The average molecular weight is 249 g/mol. The lowest BCUT2D eigenvalue weighted by Crippen LogP contribution is -2.32. The Kier molecular flexibility index (Phi) is 3.93. The van der Waals surface area contributed by atoms with Crippen LogP contribution in [0.3, 0.4) is 0 Å². The molecule has 0 bridgehead atoms. The quantitative estimate of drug-likeness (QED) is 0.861. The van der Waals surface area contributed by atoms with E-state index in [1.807, 2.05) is 13.8 Å². The van der Waals surface area contributed by atoms with E-state index >= 15 is 0 Å². The van der Waals surface area contributed by atoms with Gasteiger partial charge < -0.3 is 15.6 Å². The largest absolute Gasteiger partial charge is 0.490 e. The number of ether oxygens (including phenoxy) is 1. The minimum absolute atomic E-state index is 0.399. The molecular weight excluding hydrogens is 226 g/mol. The Morgan fingerprint density at radius 3 is 2.28 bits per heavy atom. The van der Waals surface area contributed by atoms with Crippen molar-refractivity contribution in [2.45, 2.75) is 51.7 Å². The zero-order chi connectivity index (χ0) is 13.2. The van der Waals surface area contributed by atoms with E-state index in [1.165, 1.54) is 0 Å². The van der Waals surface area contributed by atoms with Gasteiger partial charge >= 0.3 is 0 Å². The van der Waals surface area contributed by atoms with E-state index in [2.05, 4.69) is 12.1 Å². The Labute approximate surface area is 109 Å². The third-order valence-electron chi connectivity index (χ3n) is 3.78. The molecule has 0 unspecified atom stereocenters. The fourth-order valence-electron chi connectivity index (χ4n) is 2.77. The zero-order valence-electron chi connectivity index (χ0n) is 11.3. The minimum atomic E-state index is -0.620. The molecule has 1 fully saturated rings. The molecule has 1 aromatic rings. The van der Waals surface area contributed by atoms with Crippen LogP contribution >= 0.6 is 0 Å². The second kappa shape index (κ2) is 5.29. The summed E-state index contributed by atoms with van der Waals surface area (Å²) in [6, 6.07) is 4.11. The summed E-state index contributed by atoms with van der Waals surface area (Å²) >= 11 is 0. The van der Waals surface area contributed by atoms with Crippen LogP contribution in [0.25, 0.3) is 0 Å². The van der Waals surface area contributed by atoms with Crippen molar-refractivity contribution in [2.75, 3.05) is 6.61 Å². The predicted octanol–water partition coefficient (Wildman–Crippen LogP) is 2.45. The monoisotopic (exact) mass is 249 g/mol. The Bertz CT molecular complexity index is 399. The Morgan fingerprint density at radius 1 is 1.22 bits per heavy atom. The highest BCUT2D eigenvalue weighted by Crippen LogP contribution is 2.32. The molecule has 0 saturated heterocycles. The standard InChI is InChI=1S/C15H23NO2/c1-11-7-13(9-16)8-12(2)14(11)18-10-15(17)5-3-4-6-15/h7-8,17H,3-6,9-10,16H2,1-2H3. The van der Waals surface area contributed by atoms with Crippen molar-refractivity contribution >= 4 is 0 Å². The van der Waals surface area contributed by atoms with Gasteiger partial charge in [-0.25, -0.2) is 0 Å². The van der Waals surface area contributed by atoms with Crippen LogP contribution < -0.4 is 10.5 Å². The van der Waals surface area contributed by atoms with Gasteiger partial charge in [0.05, 0.1) is 5.60 Å². The van der Waals surface area contributed by atoms with Gasteiger partial charge in [0, 0.05) is 6.54 Å². The lowest BCUT2D eigenvalue weighted by atomic mass is 10.0. The van der Waals surface area contributed by atoms with Crippen LogP contribution in [0.1, 0.15) is 42.4 Å². The molecule has 2 rings (SSSR count). The molecule has 1 saturated carbocycles. The van der Waals surface area contributed by atoms with Gasteiger partial charge in [0.15, 0.2) is 0 Å². The number of hydrogen-bond donors (Lipinski definition) is 2. The Morgan fingerprint density at radius 2 is 1.78 bits per heavy atom. The van der Waals surface area contributed by atoms with Crippen molar-refractivity contribution in [3.8, 4) is 5.75 Å². The van der Waals surface area contributed by atoms with Crippen molar-refractivity contribution in [1.29, 1.82) is 0 Å². The van der Waals surface area contributed by atoms with Crippen molar-refractivity contribution < 1.29 is 9.84 Å². The van der Waals surface area contributed by atoms with Gasteiger partial charge in [-0.2, -0.15) is 0 Å². The molecular formula is C15H23NO2. The number of nitrogens with two attached hydrogens (primary N) is 1. The number of aliphatic hydroxyl groups is 1. The number of hydrogen-bond acceptors (Lipinski definition) is 3. The number of benzene rings is 1.